The first-order chi connectivity index (χ1) is 11.5. The molecule has 0 aliphatic heterocycles. The lowest BCUT2D eigenvalue weighted by Gasteiger charge is -2.10. The predicted molar refractivity (Wildman–Crippen MR) is 94.6 cm³/mol. The lowest BCUT2D eigenvalue weighted by molar-refractivity contribution is 0.0841. The Labute approximate surface area is 148 Å². The van der Waals surface area contributed by atoms with Crippen LogP contribution in [0.3, 0.4) is 0 Å². The number of benzene rings is 2. The van der Waals surface area contributed by atoms with Crippen LogP contribution < -0.4 is 4.74 Å². The second-order valence-electron chi connectivity index (χ2n) is 5.23. The number of para-hydroxylation sites is 1. The Morgan fingerprint density at radius 1 is 1.21 bits per heavy atom. The summed E-state index contributed by atoms with van der Waals surface area (Å²) in [7, 11) is 0. The van der Waals surface area contributed by atoms with E-state index in [-0.39, 0.29) is 12.5 Å². The number of carbonyl (C=O) groups excluding carboxylic acids is 2. The van der Waals surface area contributed by atoms with Crippen LogP contribution in [0.5, 0.6) is 5.75 Å². The molecule has 0 spiro atoms. The summed E-state index contributed by atoms with van der Waals surface area (Å²) in [5, 5.41) is 1.56. The molecule has 122 valence electrons. The first kappa shape index (κ1) is 16.6. The third kappa shape index (κ3) is 2.90. The quantitative estimate of drug-likeness (QED) is 0.627. The highest BCUT2D eigenvalue weighted by Gasteiger charge is 2.18. The van der Waals surface area contributed by atoms with Crippen LogP contribution in [-0.4, -0.2) is 23.4 Å². The Balaban J connectivity index is 1.92. The molecular weight excluding hydrogens is 349 g/mol. The predicted octanol–water partition coefficient (Wildman–Crippen LogP) is 4.79. The van der Waals surface area contributed by atoms with Gasteiger partial charge in [0.1, 0.15) is 5.75 Å². The van der Waals surface area contributed by atoms with E-state index in [0.29, 0.717) is 32.6 Å². The van der Waals surface area contributed by atoms with E-state index in [2.05, 4.69) is 0 Å². The molecule has 3 aromatic rings. The summed E-state index contributed by atoms with van der Waals surface area (Å²) in [6.45, 7) is 1.52. The fourth-order valence-electron chi connectivity index (χ4n) is 2.66. The van der Waals surface area contributed by atoms with Crippen molar-refractivity contribution in [2.45, 2.75) is 6.92 Å². The third-order valence-corrected chi connectivity index (χ3v) is 4.30. The molecule has 0 saturated heterocycles. The molecule has 24 heavy (non-hydrogen) atoms. The van der Waals surface area contributed by atoms with Crippen LogP contribution in [-0.2, 0) is 0 Å². The zero-order chi connectivity index (χ0) is 17.3. The minimum atomic E-state index is -0.289. The van der Waals surface area contributed by atoms with Crippen molar-refractivity contribution in [3.63, 3.8) is 0 Å². The van der Waals surface area contributed by atoms with Crippen molar-refractivity contribution in [1.82, 2.24) is 4.57 Å². The molecule has 2 aromatic carbocycles. The number of ether oxygens (including phenoxy) is 1. The number of aromatic nitrogens is 1. The zero-order valence-electron chi connectivity index (χ0n) is 12.8. The Morgan fingerprint density at radius 2 is 1.96 bits per heavy atom. The molecule has 1 heterocycles. The normalized spacial score (nSPS) is 10.8. The van der Waals surface area contributed by atoms with E-state index in [1.54, 1.807) is 31.2 Å². The molecule has 1 aromatic heterocycles. The van der Waals surface area contributed by atoms with Gasteiger partial charge in [0.15, 0.2) is 12.9 Å². The van der Waals surface area contributed by atoms with E-state index >= 15 is 0 Å². The number of aldehydes is 1. The molecule has 3 rings (SSSR count). The Bertz CT molecular complexity index is 947. The summed E-state index contributed by atoms with van der Waals surface area (Å²) in [6.07, 6.45) is 0.762. The van der Waals surface area contributed by atoms with Crippen LogP contribution in [0.15, 0.2) is 42.5 Å². The van der Waals surface area contributed by atoms with Gasteiger partial charge in [-0.1, -0.05) is 41.4 Å². The maximum Gasteiger partial charge on any atom is 0.269 e. The van der Waals surface area contributed by atoms with Crippen LogP contribution in [0, 0.1) is 6.92 Å². The van der Waals surface area contributed by atoms with Crippen LogP contribution >= 0.6 is 23.2 Å². The van der Waals surface area contributed by atoms with Gasteiger partial charge in [0.05, 0.1) is 10.5 Å². The van der Waals surface area contributed by atoms with Gasteiger partial charge in [0, 0.05) is 21.7 Å². The molecule has 0 unspecified atom stereocenters. The summed E-state index contributed by atoms with van der Waals surface area (Å²) in [5.74, 6) is 0.0851. The monoisotopic (exact) mass is 361 g/mol. The minimum absolute atomic E-state index is 0.209. The summed E-state index contributed by atoms with van der Waals surface area (Å²) < 4.78 is 6.99. The standard InChI is InChI=1S/C18H13Cl2NO3/c1-11-14(9-22)13-4-2-3-5-16(13)21(11)18(23)10-24-17-7-6-12(19)8-15(17)20/h2-9H,10H2,1H3. The molecule has 0 atom stereocenters. The highest BCUT2D eigenvalue weighted by molar-refractivity contribution is 6.35. The molecule has 0 fully saturated rings. The lowest BCUT2D eigenvalue weighted by Crippen LogP contribution is -2.20. The van der Waals surface area contributed by atoms with Crippen LogP contribution in [0.2, 0.25) is 10.0 Å². The third-order valence-electron chi connectivity index (χ3n) is 3.77. The molecular formula is C18H13Cl2NO3. The number of halogens is 2. The van der Waals surface area contributed by atoms with Crippen molar-refractivity contribution >= 4 is 46.3 Å². The Hall–Kier alpha value is -2.30. The molecule has 0 aliphatic rings. The number of hydrogen-bond donors (Lipinski definition) is 0. The zero-order valence-corrected chi connectivity index (χ0v) is 14.3. The van der Waals surface area contributed by atoms with Gasteiger partial charge in [-0.25, -0.2) is 0 Å². The van der Waals surface area contributed by atoms with E-state index in [1.165, 1.54) is 4.57 Å². The summed E-state index contributed by atoms with van der Waals surface area (Å²) in [5.41, 5.74) is 1.76. The molecule has 0 radical (unpaired) electrons. The van der Waals surface area contributed by atoms with Crippen LogP contribution in [0.4, 0.5) is 0 Å². The molecule has 0 N–H and O–H groups in total. The Kier molecular flexibility index (Phi) is 4.60. The van der Waals surface area contributed by atoms with E-state index in [0.717, 1.165) is 11.7 Å². The van der Waals surface area contributed by atoms with E-state index in [9.17, 15) is 9.59 Å². The maximum atomic E-state index is 12.6. The first-order valence-corrected chi connectivity index (χ1v) is 7.94. The van der Waals surface area contributed by atoms with Gasteiger partial charge in [-0.2, -0.15) is 0 Å². The van der Waals surface area contributed by atoms with E-state index in [4.69, 9.17) is 27.9 Å². The average molecular weight is 362 g/mol. The summed E-state index contributed by atoms with van der Waals surface area (Å²) in [6, 6.07) is 12.0. The average Bonchev–Trinajstić information content (AvgIpc) is 2.85. The molecule has 0 bridgehead atoms. The number of carbonyl (C=O) groups is 2. The highest BCUT2D eigenvalue weighted by atomic mass is 35.5. The van der Waals surface area contributed by atoms with Crippen molar-refractivity contribution < 1.29 is 14.3 Å². The second-order valence-corrected chi connectivity index (χ2v) is 6.07. The number of rotatable bonds is 4. The van der Waals surface area contributed by atoms with Gasteiger partial charge in [0.25, 0.3) is 5.91 Å². The second kappa shape index (κ2) is 6.67. The largest absolute Gasteiger partial charge is 0.482 e. The smallest absolute Gasteiger partial charge is 0.269 e. The summed E-state index contributed by atoms with van der Waals surface area (Å²) >= 11 is 11.9. The lowest BCUT2D eigenvalue weighted by atomic mass is 10.1. The summed E-state index contributed by atoms with van der Waals surface area (Å²) in [4.78, 5) is 24.0. The molecule has 6 heteroatoms. The fraction of sp³-hybridized carbons (Fsp3) is 0.111. The topological polar surface area (TPSA) is 48.3 Å². The van der Waals surface area contributed by atoms with Gasteiger partial charge in [-0.15, -0.1) is 0 Å². The SMILES string of the molecule is Cc1c(C=O)c2ccccc2n1C(=O)COc1ccc(Cl)cc1Cl. The number of nitrogens with zero attached hydrogens (tertiary/aromatic N) is 1. The van der Waals surface area contributed by atoms with E-state index in [1.807, 2.05) is 18.2 Å². The van der Waals surface area contributed by atoms with Crippen molar-refractivity contribution in [3.05, 3.63) is 63.8 Å². The van der Waals surface area contributed by atoms with Crippen molar-refractivity contribution in [2.24, 2.45) is 0 Å². The first-order valence-electron chi connectivity index (χ1n) is 7.19. The molecule has 0 aliphatic carbocycles. The number of fused-ring (bicyclic) bond motifs is 1. The minimum Gasteiger partial charge on any atom is -0.482 e. The molecule has 4 nitrogen and oxygen atoms in total. The van der Waals surface area contributed by atoms with E-state index < -0.39 is 0 Å². The highest BCUT2D eigenvalue weighted by Crippen LogP contribution is 2.28. The molecule has 0 saturated carbocycles. The van der Waals surface area contributed by atoms with Crippen molar-refractivity contribution in [1.29, 1.82) is 0 Å². The van der Waals surface area contributed by atoms with Gasteiger partial charge >= 0.3 is 0 Å². The van der Waals surface area contributed by atoms with Gasteiger partial charge < -0.3 is 4.74 Å². The van der Waals surface area contributed by atoms with Crippen LogP contribution in [0.1, 0.15) is 20.8 Å². The van der Waals surface area contributed by atoms with Gasteiger partial charge in [0.2, 0.25) is 0 Å². The fourth-order valence-corrected chi connectivity index (χ4v) is 3.12. The molecule has 0 amide bonds. The van der Waals surface area contributed by atoms with Gasteiger partial charge in [-0.3, -0.25) is 14.2 Å². The van der Waals surface area contributed by atoms with Gasteiger partial charge in [-0.05, 0) is 31.2 Å². The van der Waals surface area contributed by atoms with Crippen molar-refractivity contribution in [2.75, 3.05) is 6.61 Å². The number of hydrogen-bond acceptors (Lipinski definition) is 3. The Morgan fingerprint density at radius 3 is 2.67 bits per heavy atom. The van der Waals surface area contributed by atoms with Crippen LogP contribution in [0.25, 0.3) is 10.9 Å². The maximum absolute atomic E-state index is 12.6. The van der Waals surface area contributed by atoms with Crippen molar-refractivity contribution in [3.8, 4) is 5.75 Å².